The van der Waals surface area contributed by atoms with Gasteiger partial charge in [-0.2, -0.15) is 5.10 Å². The largest absolute Gasteiger partial charge is 0.349 e. The van der Waals surface area contributed by atoms with Gasteiger partial charge in [0.15, 0.2) is 0 Å². The van der Waals surface area contributed by atoms with Crippen LogP contribution in [0.2, 0.25) is 0 Å². The van der Waals surface area contributed by atoms with Crippen LogP contribution < -0.4 is 10.6 Å². The third kappa shape index (κ3) is 3.06. The molecule has 0 spiro atoms. The Kier molecular flexibility index (Phi) is 3.01. The molecular formula is C10H16N4O. The second-order valence-electron chi connectivity index (χ2n) is 3.88. The molecule has 0 atom stereocenters. The molecular weight excluding hydrogens is 192 g/mol. The number of aryl methyl sites for hydroxylation is 1. The van der Waals surface area contributed by atoms with E-state index >= 15 is 0 Å². The maximum atomic E-state index is 11.4. The summed E-state index contributed by atoms with van der Waals surface area (Å²) < 4.78 is 1.76. The maximum Gasteiger partial charge on any atom is 0.234 e. The average Bonchev–Trinajstić information content (AvgIpc) is 2.96. The summed E-state index contributed by atoms with van der Waals surface area (Å²) in [6, 6.07) is 2.47. The molecule has 1 heterocycles. The minimum Gasteiger partial charge on any atom is -0.349 e. The van der Waals surface area contributed by atoms with Crippen molar-refractivity contribution in [3.8, 4) is 0 Å². The van der Waals surface area contributed by atoms with E-state index in [1.165, 1.54) is 12.8 Å². The number of carbonyl (C=O) groups is 1. The van der Waals surface area contributed by atoms with Crippen LogP contribution in [0.3, 0.4) is 0 Å². The van der Waals surface area contributed by atoms with Crippen LogP contribution >= 0.6 is 0 Å². The summed E-state index contributed by atoms with van der Waals surface area (Å²) in [6.07, 6.45) is 4.13. The van der Waals surface area contributed by atoms with E-state index in [2.05, 4.69) is 15.7 Å². The van der Waals surface area contributed by atoms with E-state index in [0.29, 0.717) is 19.1 Å². The fraction of sp³-hybridized carbons (Fsp3) is 0.600. The van der Waals surface area contributed by atoms with Crippen molar-refractivity contribution < 1.29 is 4.79 Å². The normalized spacial score (nSPS) is 15.3. The van der Waals surface area contributed by atoms with E-state index in [1.807, 2.05) is 13.1 Å². The van der Waals surface area contributed by atoms with Crippen LogP contribution in [0, 0.1) is 0 Å². The summed E-state index contributed by atoms with van der Waals surface area (Å²) >= 11 is 0. The molecule has 5 heteroatoms. The van der Waals surface area contributed by atoms with E-state index in [-0.39, 0.29) is 5.91 Å². The first-order chi connectivity index (χ1) is 7.25. The predicted molar refractivity (Wildman–Crippen MR) is 56.1 cm³/mol. The van der Waals surface area contributed by atoms with Crippen molar-refractivity contribution in [2.45, 2.75) is 25.4 Å². The third-order valence-corrected chi connectivity index (χ3v) is 2.52. The topological polar surface area (TPSA) is 59.0 Å². The Morgan fingerprint density at radius 3 is 3.07 bits per heavy atom. The summed E-state index contributed by atoms with van der Waals surface area (Å²) in [4.78, 5) is 11.4. The average molecular weight is 208 g/mol. The predicted octanol–water partition coefficient (Wildman–Crippen LogP) is -0.212. The third-order valence-electron chi connectivity index (χ3n) is 2.52. The van der Waals surface area contributed by atoms with Gasteiger partial charge in [-0.3, -0.25) is 9.48 Å². The van der Waals surface area contributed by atoms with Crippen LogP contribution in [-0.4, -0.2) is 28.3 Å². The zero-order valence-corrected chi connectivity index (χ0v) is 8.86. The van der Waals surface area contributed by atoms with E-state index < -0.39 is 0 Å². The molecule has 0 aromatic carbocycles. The first-order valence-corrected chi connectivity index (χ1v) is 5.22. The molecule has 1 aromatic rings. The molecule has 2 N–H and O–H groups in total. The fourth-order valence-corrected chi connectivity index (χ4v) is 1.35. The van der Waals surface area contributed by atoms with Crippen LogP contribution in [0.25, 0.3) is 0 Å². The number of carbonyl (C=O) groups excluding carboxylic acids is 1. The molecule has 0 bridgehead atoms. The molecule has 1 fully saturated rings. The van der Waals surface area contributed by atoms with Crippen molar-refractivity contribution in [1.82, 2.24) is 20.4 Å². The van der Waals surface area contributed by atoms with Crippen LogP contribution in [0.15, 0.2) is 12.3 Å². The Bertz CT molecular complexity index is 343. The Hall–Kier alpha value is -1.36. The van der Waals surface area contributed by atoms with Gasteiger partial charge >= 0.3 is 0 Å². The molecule has 0 aliphatic heterocycles. The smallest absolute Gasteiger partial charge is 0.234 e. The zero-order valence-electron chi connectivity index (χ0n) is 8.86. The number of aromatic nitrogens is 2. The molecule has 82 valence electrons. The number of hydrogen-bond donors (Lipinski definition) is 2. The van der Waals surface area contributed by atoms with E-state index in [4.69, 9.17) is 0 Å². The lowest BCUT2D eigenvalue weighted by Crippen LogP contribution is -2.34. The van der Waals surface area contributed by atoms with Crippen LogP contribution in [-0.2, 0) is 18.4 Å². The molecule has 2 rings (SSSR count). The van der Waals surface area contributed by atoms with Crippen molar-refractivity contribution in [3.63, 3.8) is 0 Å². The minimum atomic E-state index is 0.0445. The molecule has 15 heavy (non-hydrogen) atoms. The van der Waals surface area contributed by atoms with Crippen molar-refractivity contribution >= 4 is 5.91 Å². The number of hydrogen-bond acceptors (Lipinski definition) is 3. The zero-order chi connectivity index (χ0) is 10.7. The maximum absolute atomic E-state index is 11.4. The SMILES string of the molecule is Cn1nccc1CNC(=O)CNC1CC1. The summed E-state index contributed by atoms with van der Waals surface area (Å²) in [6.45, 7) is 0.962. The Labute approximate surface area is 88.8 Å². The van der Waals surface area contributed by atoms with Gasteiger partial charge in [0.25, 0.3) is 0 Å². The Morgan fingerprint density at radius 2 is 2.47 bits per heavy atom. The molecule has 1 aliphatic carbocycles. The number of rotatable bonds is 5. The van der Waals surface area contributed by atoms with E-state index in [1.54, 1.807) is 10.9 Å². The summed E-state index contributed by atoms with van der Waals surface area (Å²) in [7, 11) is 1.87. The van der Waals surface area contributed by atoms with Gasteiger partial charge in [0.2, 0.25) is 5.91 Å². The molecule has 0 radical (unpaired) electrons. The lowest BCUT2D eigenvalue weighted by Gasteiger charge is -2.05. The first-order valence-electron chi connectivity index (χ1n) is 5.22. The molecule has 1 aliphatic rings. The summed E-state index contributed by atoms with van der Waals surface area (Å²) in [5, 5.41) is 10.0. The molecule has 1 saturated carbocycles. The highest BCUT2D eigenvalue weighted by Crippen LogP contribution is 2.17. The lowest BCUT2D eigenvalue weighted by molar-refractivity contribution is -0.120. The van der Waals surface area contributed by atoms with Crippen LogP contribution in [0.1, 0.15) is 18.5 Å². The van der Waals surface area contributed by atoms with Crippen LogP contribution in [0.4, 0.5) is 0 Å². The lowest BCUT2D eigenvalue weighted by atomic mass is 10.4. The summed E-state index contributed by atoms with van der Waals surface area (Å²) in [5.74, 6) is 0.0445. The van der Waals surface area contributed by atoms with Gasteiger partial charge in [-0.15, -0.1) is 0 Å². The second kappa shape index (κ2) is 4.44. The molecule has 0 unspecified atom stereocenters. The molecule has 1 amide bonds. The molecule has 1 aromatic heterocycles. The number of amides is 1. The highest BCUT2D eigenvalue weighted by molar-refractivity contribution is 5.77. The van der Waals surface area contributed by atoms with Gasteiger partial charge in [-0.25, -0.2) is 0 Å². The second-order valence-corrected chi connectivity index (χ2v) is 3.88. The van der Waals surface area contributed by atoms with Gasteiger partial charge in [0.1, 0.15) is 0 Å². The molecule has 5 nitrogen and oxygen atoms in total. The highest BCUT2D eigenvalue weighted by Gasteiger charge is 2.20. The van der Waals surface area contributed by atoms with Crippen molar-refractivity contribution in [2.75, 3.05) is 6.54 Å². The van der Waals surface area contributed by atoms with Gasteiger partial charge in [0, 0.05) is 19.3 Å². The van der Waals surface area contributed by atoms with Gasteiger partial charge in [-0.05, 0) is 18.9 Å². The van der Waals surface area contributed by atoms with Crippen molar-refractivity contribution in [2.24, 2.45) is 7.05 Å². The van der Waals surface area contributed by atoms with E-state index in [9.17, 15) is 4.79 Å². The quantitative estimate of drug-likeness (QED) is 0.704. The standard InChI is InChI=1S/C10H16N4O/c1-14-9(4-5-13-14)6-12-10(15)7-11-8-2-3-8/h4-5,8,11H,2-3,6-7H2,1H3,(H,12,15). The van der Waals surface area contributed by atoms with Crippen molar-refractivity contribution in [1.29, 1.82) is 0 Å². The Morgan fingerprint density at radius 1 is 1.67 bits per heavy atom. The minimum absolute atomic E-state index is 0.0445. The van der Waals surface area contributed by atoms with Gasteiger partial charge < -0.3 is 10.6 Å². The molecule has 0 saturated heterocycles. The number of nitrogens with one attached hydrogen (secondary N) is 2. The summed E-state index contributed by atoms with van der Waals surface area (Å²) in [5.41, 5.74) is 1.01. The van der Waals surface area contributed by atoms with E-state index in [0.717, 1.165) is 5.69 Å². The van der Waals surface area contributed by atoms with Gasteiger partial charge in [-0.1, -0.05) is 0 Å². The van der Waals surface area contributed by atoms with Crippen LogP contribution in [0.5, 0.6) is 0 Å². The highest BCUT2D eigenvalue weighted by atomic mass is 16.1. The Balaban J connectivity index is 1.68. The first kappa shape index (κ1) is 10.2. The fourth-order valence-electron chi connectivity index (χ4n) is 1.35. The van der Waals surface area contributed by atoms with Gasteiger partial charge in [0.05, 0.1) is 18.8 Å². The monoisotopic (exact) mass is 208 g/mol. The number of nitrogens with zero attached hydrogens (tertiary/aromatic N) is 2. The van der Waals surface area contributed by atoms with Crippen molar-refractivity contribution in [3.05, 3.63) is 18.0 Å².